The van der Waals surface area contributed by atoms with Crippen LogP contribution in [0.25, 0.3) is 6.08 Å². The summed E-state index contributed by atoms with van der Waals surface area (Å²) >= 11 is 6.00. The molecule has 10 heteroatoms. The number of barbiturate groups is 1. The molecule has 150 valence electrons. The van der Waals surface area contributed by atoms with Crippen molar-refractivity contribution in [2.75, 3.05) is 11.5 Å². The van der Waals surface area contributed by atoms with Gasteiger partial charge in [-0.25, -0.2) is 9.69 Å². The maximum absolute atomic E-state index is 12.9. The topological polar surface area (TPSA) is 119 Å². The summed E-state index contributed by atoms with van der Waals surface area (Å²) in [5, 5.41) is 13.2. The average Bonchev–Trinajstić information content (AvgIpc) is 2.70. The van der Waals surface area contributed by atoms with Crippen LogP contribution in [0.15, 0.2) is 48.0 Å². The van der Waals surface area contributed by atoms with Gasteiger partial charge in [0.05, 0.1) is 10.6 Å². The molecule has 1 heterocycles. The molecular weight excluding hydrogens is 414 g/mol. The first-order valence-corrected chi connectivity index (χ1v) is 8.71. The van der Waals surface area contributed by atoms with E-state index in [4.69, 9.17) is 22.8 Å². The van der Waals surface area contributed by atoms with Gasteiger partial charge in [0.2, 0.25) is 0 Å². The van der Waals surface area contributed by atoms with E-state index < -0.39 is 22.8 Å². The second-order valence-electron chi connectivity index (χ2n) is 5.91. The maximum Gasteiger partial charge on any atom is 0.335 e. The third-order valence-electron chi connectivity index (χ3n) is 4.00. The Labute approximate surface area is 175 Å². The zero-order chi connectivity index (χ0) is 21.8. The third kappa shape index (κ3) is 4.14. The van der Waals surface area contributed by atoms with E-state index in [2.05, 4.69) is 11.2 Å². The number of anilines is 1. The first kappa shape index (κ1) is 20.6. The monoisotopic (exact) mass is 425 g/mol. The van der Waals surface area contributed by atoms with E-state index in [9.17, 15) is 24.5 Å². The lowest BCUT2D eigenvalue weighted by molar-refractivity contribution is -0.384. The highest BCUT2D eigenvalue weighted by molar-refractivity contribution is 6.39. The number of rotatable bonds is 5. The lowest BCUT2D eigenvalue weighted by Crippen LogP contribution is -2.54. The number of benzene rings is 2. The molecule has 2 aromatic carbocycles. The molecule has 1 N–H and O–H groups in total. The zero-order valence-electron chi connectivity index (χ0n) is 15.1. The van der Waals surface area contributed by atoms with Gasteiger partial charge in [-0.2, -0.15) is 0 Å². The Bertz CT molecular complexity index is 1130. The number of hydrogen-bond acceptors (Lipinski definition) is 6. The smallest absolute Gasteiger partial charge is 0.335 e. The summed E-state index contributed by atoms with van der Waals surface area (Å²) in [6, 6.07) is 8.28. The average molecular weight is 426 g/mol. The van der Waals surface area contributed by atoms with Crippen LogP contribution >= 0.6 is 11.6 Å². The molecule has 1 saturated heterocycles. The van der Waals surface area contributed by atoms with Crippen molar-refractivity contribution < 1.29 is 24.0 Å². The van der Waals surface area contributed by atoms with Crippen LogP contribution in [-0.2, 0) is 9.59 Å². The number of amides is 4. The van der Waals surface area contributed by atoms with Crippen LogP contribution in [0.2, 0.25) is 5.02 Å². The van der Waals surface area contributed by atoms with Gasteiger partial charge in [-0.05, 0) is 36.4 Å². The van der Waals surface area contributed by atoms with Crippen LogP contribution in [0.5, 0.6) is 5.75 Å². The number of nitro benzene ring substituents is 1. The van der Waals surface area contributed by atoms with Gasteiger partial charge in [-0.3, -0.25) is 25.0 Å². The molecule has 3 rings (SSSR count). The van der Waals surface area contributed by atoms with Crippen LogP contribution in [-0.4, -0.2) is 29.4 Å². The zero-order valence-corrected chi connectivity index (χ0v) is 15.9. The van der Waals surface area contributed by atoms with Crippen molar-refractivity contribution in [3.05, 3.63) is 68.7 Å². The fourth-order valence-electron chi connectivity index (χ4n) is 2.65. The quantitative estimate of drug-likeness (QED) is 0.258. The lowest BCUT2D eigenvalue weighted by atomic mass is 10.1. The summed E-state index contributed by atoms with van der Waals surface area (Å²) in [5.41, 5.74) is -0.226. The van der Waals surface area contributed by atoms with Gasteiger partial charge in [0.25, 0.3) is 17.5 Å². The van der Waals surface area contributed by atoms with Crippen molar-refractivity contribution in [3.8, 4) is 18.1 Å². The fraction of sp³-hybridized carbons (Fsp3) is 0.0500. The van der Waals surface area contributed by atoms with E-state index in [0.717, 1.165) is 12.1 Å². The van der Waals surface area contributed by atoms with Gasteiger partial charge in [0.1, 0.15) is 17.9 Å². The standard InChI is InChI=1S/C20H12ClN3O6/c1-2-9-30-17-8-3-13(21)10-12(17)11-16-18(25)22-20(27)23(19(16)26)14-4-6-15(7-5-14)24(28)29/h1,3-8,10-11H,9H2,(H,22,25,27)/b16-11+. The molecule has 1 aliphatic heterocycles. The molecule has 30 heavy (non-hydrogen) atoms. The Morgan fingerprint density at radius 1 is 1.20 bits per heavy atom. The number of imide groups is 2. The van der Waals surface area contributed by atoms with E-state index in [1.54, 1.807) is 6.07 Å². The van der Waals surface area contributed by atoms with Crippen LogP contribution in [0.1, 0.15) is 5.56 Å². The van der Waals surface area contributed by atoms with Crippen molar-refractivity contribution >= 4 is 46.9 Å². The minimum absolute atomic E-state index is 0.0502. The maximum atomic E-state index is 12.9. The third-order valence-corrected chi connectivity index (χ3v) is 4.24. The van der Waals surface area contributed by atoms with Crippen molar-refractivity contribution in [1.29, 1.82) is 0 Å². The molecule has 0 atom stereocenters. The largest absolute Gasteiger partial charge is 0.480 e. The van der Waals surface area contributed by atoms with Crippen LogP contribution in [0, 0.1) is 22.5 Å². The Balaban J connectivity index is 2.02. The molecule has 2 aromatic rings. The number of nitrogens with zero attached hydrogens (tertiary/aromatic N) is 2. The summed E-state index contributed by atoms with van der Waals surface area (Å²) in [5.74, 6) is 0.757. The van der Waals surface area contributed by atoms with Gasteiger partial charge < -0.3 is 4.74 Å². The molecule has 0 saturated carbocycles. The van der Waals surface area contributed by atoms with Crippen LogP contribution < -0.4 is 15.0 Å². The molecule has 9 nitrogen and oxygen atoms in total. The first-order valence-electron chi connectivity index (χ1n) is 8.33. The molecule has 4 amide bonds. The normalized spacial score (nSPS) is 15.0. The second kappa shape index (κ2) is 8.46. The van der Waals surface area contributed by atoms with E-state index in [-0.39, 0.29) is 29.3 Å². The van der Waals surface area contributed by atoms with Gasteiger partial charge in [-0.15, -0.1) is 6.42 Å². The minimum atomic E-state index is -0.981. The molecule has 0 bridgehead atoms. The number of urea groups is 1. The number of terminal acetylenes is 1. The number of halogens is 1. The van der Waals surface area contributed by atoms with Gasteiger partial charge in [-0.1, -0.05) is 17.5 Å². The Kier molecular flexibility index (Phi) is 5.80. The fourth-order valence-corrected chi connectivity index (χ4v) is 2.83. The molecule has 0 unspecified atom stereocenters. The van der Waals surface area contributed by atoms with Crippen molar-refractivity contribution in [2.45, 2.75) is 0 Å². The lowest BCUT2D eigenvalue weighted by Gasteiger charge is -2.26. The summed E-state index contributed by atoms with van der Waals surface area (Å²) in [6.45, 7) is -0.0502. The predicted octanol–water partition coefficient (Wildman–Crippen LogP) is 2.93. The number of nitrogens with one attached hydrogen (secondary N) is 1. The van der Waals surface area contributed by atoms with E-state index >= 15 is 0 Å². The molecule has 0 aliphatic carbocycles. The van der Waals surface area contributed by atoms with Gasteiger partial charge in [0, 0.05) is 22.7 Å². The SMILES string of the molecule is C#CCOc1ccc(Cl)cc1/C=C1\C(=O)NC(=O)N(c2ccc([N+](=O)[O-])cc2)C1=O. The van der Waals surface area contributed by atoms with Crippen LogP contribution in [0.3, 0.4) is 0 Å². The molecule has 0 spiro atoms. The van der Waals surface area contributed by atoms with Crippen molar-refractivity contribution in [2.24, 2.45) is 0 Å². The Morgan fingerprint density at radius 2 is 1.90 bits per heavy atom. The van der Waals surface area contributed by atoms with Crippen LogP contribution in [0.4, 0.5) is 16.2 Å². The van der Waals surface area contributed by atoms with E-state index in [1.165, 1.54) is 30.3 Å². The Morgan fingerprint density at radius 3 is 2.53 bits per heavy atom. The van der Waals surface area contributed by atoms with E-state index in [0.29, 0.717) is 15.5 Å². The molecule has 1 aliphatic rings. The van der Waals surface area contributed by atoms with Crippen molar-refractivity contribution in [3.63, 3.8) is 0 Å². The summed E-state index contributed by atoms with van der Waals surface area (Å²) in [4.78, 5) is 48.3. The highest BCUT2D eigenvalue weighted by Crippen LogP contribution is 2.28. The molecule has 0 aromatic heterocycles. The molecule has 0 radical (unpaired) electrons. The summed E-state index contributed by atoms with van der Waals surface area (Å²) in [7, 11) is 0. The number of nitro groups is 1. The number of ether oxygens (including phenoxy) is 1. The number of non-ortho nitro benzene ring substituents is 1. The Hall–Kier alpha value is -4.16. The minimum Gasteiger partial charge on any atom is -0.480 e. The highest BCUT2D eigenvalue weighted by atomic mass is 35.5. The van der Waals surface area contributed by atoms with E-state index in [1.807, 2.05) is 0 Å². The summed E-state index contributed by atoms with van der Waals surface area (Å²) < 4.78 is 5.39. The highest BCUT2D eigenvalue weighted by Gasteiger charge is 2.37. The molecule has 1 fully saturated rings. The molecular formula is C20H12ClN3O6. The van der Waals surface area contributed by atoms with Gasteiger partial charge >= 0.3 is 6.03 Å². The number of hydrogen-bond donors (Lipinski definition) is 1. The number of carbonyl (C=O) groups is 3. The predicted molar refractivity (Wildman–Crippen MR) is 108 cm³/mol. The first-order chi connectivity index (χ1) is 14.3. The summed E-state index contributed by atoms with van der Waals surface area (Å²) in [6.07, 6.45) is 6.41. The number of carbonyl (C=O) groups excluding carboxylic acids is 3. The van der Waals surface area contributed by atoms with Crippen molar-refractivity contribution in [1.82, 2.24) is 5.32 Å². The second-order valence-corrected chi connectivity index (χ2v) is 6.34. The van der Waals surface area contributed by atoms with Gasteiger partial charge in [0.15, 0.2) is 0 Å².